The van der Waals surface area contributed by atoms with Crippen LogP contribution in [0.5, 0.6) is 0 Å². The molecule has 0 saturated heterocycles. The van der Waals surface area contributed by atoms with E-state index in [-0.39, 0.29) is 5.46 Å². The average molecular weight is 180 g/mol. The molecule has 0 saturated carbocycles. The molecule has 0 atom stereocenters. The maximum atomic E-state index is 13.1. The summed E-state index contributed by atoms with van der Waals surface area (Å²) in [5.41, 5.74) is 0.246. The highest BCUT2D eigenvalue weighted by Crippen LogP contribution is 2.14. The van der Waals surface area contributed by atoms with Crippen LogP contribution >= 0.6 is 0 Å². The van der Waals surface area contributed by atoms with E-state index in [9.17, 15) is 4.39 Å². The van der Waals surface area contributed by atoms with E-state index in [0.717, 1.165) is 6.07 Å². The molecule has 0 bridgehead atoms. The highest BCUT2D eigenvalue weighted by molar-refractivity contribution is 6.59. The predicted molar refractivity (Wildman–Crippen MR) is 46.0 cm³/mol. The zero-order valence-electron chi connectivity index (χ0n) is 6.57. The van der Waals surface area contributed by atoms with Crippen LogP contribution in [0.2, 0.25) is 0 Å². The standard InChI is InChI=1S/C8H6BFO3/c10-7-4-8-5(1-2-13-8)3-6(7)9(11)12/h1-4,11-12H. The smallest absolute Gasteiger partial charge is 0.464 e. The van der Waals surface area contributed by atoms with Gasteiger partial charge in [-0.2, -0.15) is 0 Å². The maximum Gasteiger partial charge on any atom is 0.491 e. The highest BCUT2D eigenvalue weighted by Gasteiger charge is 2.17. The predicted octanol–water partition coefficient (Wildman–Crippen LogP) is 0.252. The number of fused-ring (bicyclic) bond motifs is 1. The van der Waals surface area contributed by atoms with Crippen LogP contribution in [0, 0.1) is 5.82 Å². The van der Waals surface area contributed by atoms with Crippen LogP contribution in [-0.2, 0) is 0 Å². The molecule has 0 aliphatic carbocycles. The monoisotopic (exact) mass is 180 g/mol. The quantitative estimate of drug-likeness (QED) is 0.618. The van der Waals surface area contributed by atoms with Crippen LogP contribution in [0.1, 0.15) is 0 Å². The zero-order chi connectivity index (χ0) is 9.42. The molecule has 0 unspecified atom stereocenters. The largest absolute Gasteiger partial charge is 0.491 e. The second-order valence-electron chi connectivity index (χ2n) is 2.71. The second-order valence-corrected chi connectivity index (χ2v) is 2.71. The lowest BCUT2D eigenvalue weighted by atomic mass is 9.79. The Hall–Kier alpha value is -1.33. The molecule has 1 heterocycles. The van der Waals surface area contributed by atoms with Crippen LogP contribution in [0.4, 0.5) is 4.39 Å². The summed E-state index contributed by atoms with van der Waals surface area (Å²) < 4.78 is 18.0. The number of hydrogen-bond acceptors (Lipinski definition) is 3. The lowest BCUT2D eigenvalue weighted by Gasteiger charge is -2.00. The molecule has 2 rings (SSSR count). The third kappa shape index (κ3) is 1.32. The first kappa shape index (κ1) is 8.28. The number of halogens is 1. The van der Waals surface area contributed by atoms with Gasteiger partial charge >= 0.3 is 7.12 Å². The number of hydrogen-bond donors (Lipinski definition) is 2. The van der Waals surface area contributed by atoms with Crippen molar-refractivity contribution in [2.45, 2.75) is 0 Å². The van der Waals surface area contributed by atoms with Gasteiger partial charge in [0.2, 0.25) is 0 Å². The first-order chi connectivity index (χ1) is 6.18. The van der Waals surface area contributed by atoms with Crippen LogP contribution in [-0.4, -0.2) is 17.2 Å². The van der Waals surface area contributed by atoms with Gasteiger partial charge in [0.1, 0.15) is 11.4 Å². The summed E-state index contributed by atoms with van der Waals surface area (Å²) in [5, 5.41) is 18.2. The number of rotatable bonds is 1. The summed E-state index contributed by atoms with van der Waals surface area (Å²) in [4.78, 5) is 0. The SMILES string of the molecule is OB(O)c1cc2ccoc2cc1F. The second kappa shape index (κ2) is 2.87. The molecule has 13 heavy (non-hydrogen) atoms. The minimum Gasteiger partial charge on any atom is -0.464 e. The van der Waals surface area contributed by atoms with Gasteiger partial charge in [0.25, 0.3) is 0 Å². The summed E-state index contributed by atoms with van der Waals surface area (Å²) in [6, 6.07) is 4.10. The van der Waals surface area contributed by atoms with Crippen molar-refractivity contribution in [1.29, 1.82) is 0 Å². The van der Waals surface area contributed by atoms with Crippen molar-refractivity contribution in [2.24, 2.45) is 0 Å². The molecule has 0 aliphatic rings. The van der Waals surface area contributed by atoms with Gasteiger partial charge in [0, 0.05) is 16.9 Å². The summed E-state index contributed by atoms with van der Waals surface area (Å²) in [7, 11) is -1.79. The van der Waals surface area contributed by atoms with Crippen LogP contribution < -0.4 is 5.46 Å². The first-order valence-corrected chi connectivity index (χ1v) is 3.71. The van der Waals surface area contributed by atoms with Gasteiger partial charge in [0.15, 0.2) is 0 Å². The Balaban J connectivity index is 2.69. The summed E-state index contributed by atoms with van der Waals surface area (Å²) >= 11 is 0. The van der Waals surface area contributed by atoms with Gasteiger partial charge in [-0.1, -0.05) is 0 Å². The first-order valence-electron chi connectivity index (χ1n) is 3.71. The molecule has 0 spiro atoms. The lowest BCUT2D eigenvalue weighted by Crippen LogP contribution is -2.32. The Morgan fingerprint density at radius 1 is 1.31 bits per heavy atom. The molecule has 1 aromatic heterocycles. The Kier molecular flexibility index (Phi) is 1.83. The number of furan rings is 1. The van der Waals surface area contributed by atoms with Gasteiger partial charge in [-0.25, -0.2) is 4.39 Å². The Labute approximate surface area is 73.6 Å². The van der Waals surface area contributed by atoms with Crippen molar-refractivity contribution in [1.82, 2.24) is 0 Å². The van der Waals surface area contributed by atoms with Gasteiger partial charge in [0.05, 0.1) is 6.26 Å². The highest BCUT2D eigenvalue weighted by atomic mass is 19.1. The minimum absolute atomic E-state index is 0.145. The van der Waals surface area contributed by atoms with E-state index in [1.807, 2.05) is 0 Å². The molecule has 5 heteroatoms. The molecule has 0 aliphatic heterocycles. The van der Waals surface area contributed by atoms with Crippen molar-refractivity contribution < 1.29 is 18.9 Å². The Morgan fingerprint density at radius 3 is 2.77 bits per heavy atom. The van der Waals surface area contributed by atoms with Gasteiger partial charge in [-0.15, -0.1) is 0 Å². The van der Waals surface area contributed by atoms with Crippen LogP contribution in [0.15, 0.2) is 28.9 Å². The molecule has 0 radical (unpaired) electrons. The van der Waals surface area contributed by atoms with E-state index in [1.165, 1.54) is 12.3 Å². The molecule has 66 valence electrons. The Morgan fingerprint density at radius 2 is 2.08 bits per heavy atom. The van der Waals surface area contributed by atoms with E-state index in [1.54, 1.807) is 6.07 Å². The fraction of sp³-hybridized carbons (Fsp3) is 0. The molecule has 0 amide bonds. The maximum absolute atomic E-state index is 13.1. The van der Waals surface area contributed by atoms with Crippen molar-refractivity contribution >= 4 is 23.6 Å². The van der Waals surface area contributed by atoms with Crippen molar-refractivity contribution in [3.8, 4) is 0 Å². The molecule has 3 nitrogen and oxygen atoms in total. The van der Waals surface area contributed by atoms with E-state index in [2.05, 4.69) is 0 Å². The molecule has 2 aromatic rings. The third-order valence-corrected chi connectivity index (χ3v) is 1.85. The zero-order valence-corrected chi connectivity index (χ0v) is 6.57. The fourth-order valence-electron chi connectivity index (χ4n) is 1.20. The Bertz CT molecular complexity index is 438. The lowest BCUT2D eigenvalue weighted by molar-refractivity contribution is 0.423. The van der Waals surface area contributed by atoms with Crippen molar-refractivity contribution in [3.05, 3.63) is 30.3 Å². The van der Waals surface area contributed by atoms with E-state index < -0.39 is 12.9 Å². The van der Waals surface area contributed by atoms with Crippen molar-refractivity contribution in [3.63, 3.8) is 0 Å². The van der Waals surface area contributed by atoms with Gasteiger partial charge < -0.3 is 14.5 Å². The molecule has 1 aromatic carbocycles. The van der Waals surface area contributed by atoms with E-state index in [4.69, 9.17) is 14.5 Å². The fourth-order valence-corrected chi connectivity index (χ4v) is 1.20. The van der Waals surface area contributed by atoms with Crippen LogP contribution in [0.25, 0.3) is 11.0 Å². The number of benzene rings is 1. The summed E-state index contributed by atoms with van der Waals surface area (Å²) in [6.45, 7) is 0. The molecule has 0 fully saturated rings. The van der Waals surface area contributed by atoms with E-state index >= 15 is 0 Å². The van der Waals surface area contributed by atoms with Crippen LogP contribution in [0.3, 0.4) is 0 Å². The molecule has 2 N–H and O–H groups in total. The molecular formula is C8H6BFO3. The van der Waals surface area contributed by atoms with Gasteiger partial charge in [-0.3, -0.25) is 0 Å². The summed E-state index contributed by atoms with van der Waals surface area (Å²) in [6.07, 6.45) is 1.41. The topological polar surface area (TPSA) is 53.6 Å². The third-order valence-electron chi connectivity index (χ3n) is 1.85. The minimum atomic E-state index is -1.79. The average Bonchev–Trinajstić information content (AvgIpc) is 2.48. The molecular weight excluding hydrogens is 174 g/mol. The summed E-state index contributed by atoms with van der Waals surface area (Å²) in [5.74, 6) is -0.683. The van der Waals surface area contributed by atoms with E-state index in [0.29, 0.717) is 11.0 Å². The normalized spacial score (nSPS) is 10.7. The van der Waals surface area contributed by atoms with Gasteiger partial charge in [-0.05, 0) is 12.1 Å². The van der Waals surface area contributed by atoms with Crippen molar-refractivity contribution in [2.75, 3.05) is 0 Å².